The lowest BCUT2D eigenvalue weighted by Crippen LogP contribution is -2.34. The van der Waals surface area contributed by atoms with Gasteiger partial charge in [-0.15, -0.1) is 0 Å². The van der Waals surface area contributed by atoms with Crippen molar-refractivity contribution in [3.05, 3.63) is 59.9 Å². The van der Waals surface area contributed by atoms with Gasteiger partial charge in [0, 0.05) is 17.8 Å². The van der Waals surface area contributed by atoms with Gasteiger partial charge in [-0.1, -0.05) is 30.3 Å². The lowest BCUT2D eigenvalue weighted by molar-refractivity contribution is -0.162. The second-order valence-corrected chi connectivity index (χ2v) is 5.00. The molecule has 5 nitrogen and oxygen atoms in total. The highest BCUT2D eigenvalue weighted by molar-refractivity contribution is 5.96. The molecule has 122 valence electrons. The van der Waals surface area contributed by atoms with Crippen LogP contribution in [0.15, 0.2) is 48.7 Å². The Kier molecular flexibility index (Phi) is 5.97. The van der Waals surface area contributed by atoms with Crippen LogP contribution in [0.5, 0.6) is 0 Å². The average molecular weight is 315 g/mol. The molecule has 1 N–H and O–H groups in total. The van der Waals surface area contributed by atoms with E-state index < -0.39 is 23.8 Å². The summed E-state index contributed by atoms with van der Waals surface area (Å²) in [5, 5.41) is 0. The van der Waals surface area contributed by atoms with Crippen molar-refractivity contribution in [3.8, 4) is 0 Å². The van der Waals surface area contributed by atoms with Crippen LogP contribution in [0.1, 0.15) is 31.0 Å². The molecule has 1 atom stereocenters. The van der Waals surface area contributed by atoms with Gasteiger partial charge in [0.1, 0.15) is 0 Å². The monoisotopic (exact) mass is 315 g/mol. The highest BCUT2D eigenvalue weighted by atomic mass is 16.6. The van der Waals surface area contributed by atoms with E-state index in [1.807, 2.05) is 42.5 Å². The Morgan fingerprint density at radius 2 is 1.57 bits per heavy atom. The molecule has 0 radical (unpaired) electrons. The average Bonchev–Trinajstić information content (AvgIpc) is 3.07. The fraction of sp³-hybridized carbons (Fsp3) is 0.333. The molecular weight excluding hydrogens is 294 g/mol. The largest absolute Gasteiger partial charge is 0.465 e. The number of carbonyl (C=O) groups is 2. The van der Waals surface area contributed by atoms with E-state index in [0.717, 1.165) is 11.3 Å². The Morgan fingerprint density at radius 3 is 2.04 bits per heavy atom. The zero-order valence-electron chi connectivity index (χ0n) is 13.3. The summed E-state index contributed by atoms with van der Waals surface area (Å²) in [6.45, 7) is 3.85. The lowest BCUT2D eigenvalue weighted by atomic mass is 9.83. The van der Waals surface area contributed by atoms with Crippen molar-refractivity contribution < 1.29 is 19.1 Å². The van der Waals surface area contributed by atoms with Gasteiger partial charge in [-0.05, 0) is 31.5 Å². The van der Waals surface area contributed by atoms with E-state index in [-0.39, 0.29) is 13.2 Å². The first-order valence-corrected chi connectivity index (χ1v) is 7.70. The molecule has 0 fully saturated rings. The maximum atomic E-state index is 12.4. The van der Waals surface area contributed by atoms with Crippen molar-refractivity contribution in [2.24, 2.45) is 5.92 Å². The number of hydrogen-bond donors (Lipinski definition) is 1. The second kappa shape index (κ2) is 8.17. The van der Waals surface area contributed by atoms with Gasteiger partial charge >= 0.3 is 11.9 Å². The van der Waals surface area contributed by atoms with Crippen LogP contribution >= 0.6 is 0 Å². The van der Waals surface area contributed by atoms with Crippen molar-refractivity contribution in [1.82, 2.24) is 4.98 Å². The molecule has 0 aliphatic rings. The van der Waals surface area contributed by atoms with Gasteiger partial charge in [-0.2, -0.15) is 0 Å². The minimum Gasteiger partial charge on any atom is -0.465 e. The van der Waals surface area contributed by atoms with Crippen LogP contribution in [-0.2, 0) is 19.1 Å². The fourth-order valence-electron chi connectivity index (χ4n) is 2.58. The molecule has 1 aromatic heterocycles. The van der Waals surface area contributed by atoms with E-state index in [1.165, 1.54) is 0 Å². The molecule has 0 aliphatic carbocycles. The topological polar surface area (TPSA) is 68.4 Å². The Bertz CT molecular complexity index is 604. The Morgan fingerprint density at radius 1 is 0.957 bits per heavy atom. The van der Waals surface area contributed by atoms with Crippen molar-refractivity contribution in [1.29, 1.82) is 0 Å². The Balaban J connectivity index is 2.47. The van der Waals surface area contributed by atoms with Crippen LogP contribution < -0.4 is 0 Å². The third-order valence-electron chi connectivity index (χ3n) is 3.53. The van der Waals surface area contributed by atoms with Crippen LogP contribution in [0.3, 0.4) is 0 Å². The molecule has 0 spiro atoms. The minimum atomic E-state index is -1.05. The first kappa shape index (κ1) is 16.8. The summed E-state index contributed by atoms with van der Waals surface area (Å²) in [4.78, 5) is 28.0. The molecule has 0 bridgehead atoms. The summed E-state index contributed by atoms with van der Waals surface area (Å²) in [6, 6.07) is 13.1. The van der Waals surface area contributed by atoms with E-state index in [0.29, 0.717) is 0 Å². The molecule has 2 aromatic rings. The molecule has 5 heteroatoms. The molecule has 0 saturated heterocycles. The van der Waals surface area contributed by atoms with E-state index in [1.54, 1.807) is 20.0 Å². The fourth-order valence-corrected chi connectivity index (χ4v) is 2.58. The summed E-state index contributed by atoms with van der Waals surface area (Å²) in [6.07, 6.45) is 1.76. The van der Waals surface area contributed by atoms with Crippen molar-refractivity contribution in [3.63, 3.8) is 0 Å². The second-order valence-electron chi connectivity index (χ2n) is 5.00. The highest BCUT2D eigenvalue weighted by Crippen LogP contribution is 2.33. The summed E-state index contributed by atoms with van der Waals surface area (Å²) < 4.78 is 10.2. The number of rotatable bonds is 7. The van der Waals surface area contributed by atoms with Gasteiger partial charge in [0.25, 0.3) is 0 Å². The maximum absolute atomic E-state index is 12.4. The quantitative estimate of drug-likeness (QED) is 0.630. The maximum Gasteiger partial charge on any atom is 0.321 e. The number of benzene rings is 1. The number of esters is 2. The number of ether oxygens (including phenoxy) is 2. The standard InChI is InChI=1S/C18H21NO4/c1-3-22-17(20)16(18(21)23-4-2)15(14-11-8-12-19-14)13-9-6-5-7-10-13/h5-12,15-16,19H,3-4H2,1-2H3. The molecule has 1 unspecified atom stereocenters. The zero-order chi connectivity index (χ0) is 16.7. The molecule has 0 amide bonds. The van der Waals surface area contributed by atoms with Crippen molar-refractivity contribution in [2.75, 3.05) is 13.2 Å². The number of nitrogens with one attached hydrogen (secondary N) is 1. The van der Waals surface area contributed by atoms with Crippen LogP contribution in [0, 0.1) is 5.92 Å². The third-order valence-corrected chi connectivity index (χ3v) is 3.53. The highest BCUT2D eigenvalue weighted by Gasteiger charge is 2.39. The van der Waals surface area contributed by atoms with Crippen LogP contribution in [-0.4, -0.2) is 30.1 Å². The smallest absolute Gasteiger partial charge is 0.321 e. The predicted octanol–water partition coefficient (Wildman–Crippen LogP) is 2.89. The van der Waals surface area contributed by atoms with E-state index >= 15 is 0 Å². The molecule has 0 saturated carbocycles. The predicted molar refractivity (Wildman–Crippen MR) is 85.8 cm³/mol. The van der Waals surface area contributed by atoms with Crippen LogP contribution in [0.25, 0.3) is 0 Å². The van der Waals surface area contributed by atoms with E-state index in [4.69, 9.17) is 9.47 Å². The Hall–Kier alpha value is -2.56. The van der Waals surface area contributed by atoms with E-state index in [2.05, 4.69) is 4.98 Å². The molecule has 23 heavy (non-hydrogen) atoms. The molecule has 0 aliphatic heterocycles. The van der Waals surface area contributed by atoms with Gasteiger partial charge in [0.15, 0.2) is 5.92 Å². The molecule has 1 heterocycles. The third kappa shape index (κ3) is 4.00. The summed E-state index contributed by atoms with van der Waals surface area (Å²) in [5.41, 5.74) is 1.61. The minimum absolute atomic E-state index is 0.209. The SMILES string of the molecule is CCOC(=O)C(C(=O)OCC)C(c1ccccc1)c1ccc[nH]1. The zero-order valence-corrected chi connectivity index (χ0v) is 13.3. The van der Waals surface area contributed by atoms with Gasteiger partial charge in [-0.25, -0.2) is 0 Å². The van der Waals surface area contributed by atoms with Gasteiger partial charge in [0.05, 0.1) is 13.2 Å². The molecule has 2 rings (SSSR count). The number of carbonyl (C=O) groups excluding carboxylic acids is 2. The van der Waals surface area contributed by atoms with Gasteiger partial charge in [-0.3, -0.25) is 9.59 Å². The number of aromatic amines is 1. The number of H-pyrrole nitrogens is 1. The normalized spacial score (nSPS) is 12.0. The van der Waals surface area contributed by atoms with Gasteiger partial charge < -0.3 is 14.5 Å². The summed E-state index contributed by atoms with van der Waals surface area (Å²) >= 11 is 0. The lowest BCUT2D eigenvalue weighted by Gasteiger charge is -2.24. The van der Waals surface area contributed by atoms with E-state index in [9.17, 15) is 9.59 Å². The Labute approximate surface area is 135 Å². The first-order chi connectivity index (χ1) is 11.2. The number of hydrogen-bond acceptors (Lipinski definition) is 4. The molecular formula is C18H21NO4. The number of aromatic nitrogens is 1. The van der Waals surface area contributed by atoms with Crippen molar-refractivity contribution in [2.45, 2.75) is 19.8 Å². The summed E-state index contributed by atoms with van der Waals surface area (Å²) in [5.74, 6) is -2.68. The first-order valence-electron chi connectivity index (χ1n) is 7.70. The van der Waals surface area contributed by atoms with Gasteiger partial charge in [0.2, 0.25) is 0 Å². The van der Waals surface area contributed by atoms with Crippen LogP contribution in [0.2, 0.25) is 0 Å². The van der Waals surface area contributed by atoms with Crippen molar-refractivity contribution >= 4 is 11.9 Å². The summed E-state index contributed by atoms with van der Waals surface area (Å²) in [7, 11) is 0. The molecule has 1 aromatic carbocycles. The van der Waals surface area contributed by atoms with Crippen LogP contribution in [0.4, 0.5) is 0 Å².